The first-order valence-corrected chi connectivity index (χ1v) is 6.75. The third-order valence-corrected chi connectivity index (χ3v) is 3.06. The molecule has 2 rings (SSSR count). The molecule has 0 spiro atoms. The molecule has 0 fully saturated rings. The molecule has 100 valence electrons. The van der Waals surface area contributed by atoms with E-state index in [0.717, 1.165) is 18.6 Å². The van der Waals surface area contributed by atoms with E-state index < -0.39 is 0 Å². The van der Waals surface area contributed by atoms with Gasteiger partial charge in [0.2, 0.25) is 0 Å². The molecular formula is C17H20O2. The molecule has 0 unspecified atom stereocenters. The number of aliphatic hydroxyl groups is 1. The van der Waals surface area contributed by atoms with Crippen LogP contribution in [0.1, 0.15) is 17.5 Å². The Morgan fingerprint density at radius 1 is 0.842 bits per heavy atom. The second-order valence-electron chi connectivity index (χ2n) is 4.52. The molecule has 2 aromatic carbocycles. The van der Waals surface area contributed by atoms with Crippen molar-refractivity contribution in [3.8, 4) is 5.75 Å². The molecular weight excluding hydrogens is 236 g/mol. The third kappa shape index (κ3) is 4.42. The average Bonchev–Trinajstić information content (AvgIpc) is 2.48. The Hall–Kier alpha value is -1.80. The molecule has 0 heterocycles. The van der Waals surface area contributed by atoms with Gasteiger partial charge in [-0.15, -0.1) is 0 Å². The predicted octanol–water partition coefficient (Wildman–Crippen LogP) is 3.23. The zero-order valence-electron chi connectivity index (χ0n) is 11.1. The lowest BCUT2D eigenvalue weighted by atomic mass is 10.0. The zero-order valence-corrected chi connectivity index (χ0v) is 11.1. The van der Waals surface area contributed by atoms with Gasteiger partial charge in [-0.05, 0) is 30.0 Å². The highest BCUT2D eigenvalue weighted by Crippen LogP contribution is 2.20. The van der Waals surface area contributed by atoms with E-state index in [1.165, 1.54) is 11.1 Å². The number of rotatable bonds is 7. The Labute approximate surface area is 114 Å². The Kier molecular flexibility index (Phi) is 5.45. The van der Waals surface area contributed by atoms with Crippen LogP contribution in [0.3, 0.4) is 0 Å². The first-order valence-electron chi connectivity index (χ1n) is 6.75. The minimum Gasteiger partial charge on any atom is -0.493 e. The normalized spacial score (nSPS) is 10.4. The van der Waals surface area contributed by atoms with Crippen molar-refractivity contribution in [2.45, 2.75) is 19.3 Å². The molecule has 0 atom stereocenters. The molecule has 2 aromatic rings. The summed E-state index contributed by atoms with van der Waals surface area (Å²) in [5.41, 5.74) is 2.57. The van der Waals surface area contributed by atoms with Crippen LogP contribution in [0.4, 0.5) is 0 Å². The van der Waals surface area contributed by atoms with Gasteiger partial charge >= 0.3 is 0 Å². The highest BCUT2D eigenvalue weighted by Gasteiger charge is 2.03. The van der Waals surface area contributed by atoms with Gasteiger partial charge in [0.05, 0.1) is 6.61 Å². The number of hydrogen-bond acceptors (Lipinski definition) is 2. The van der Waals surface area contributed by atoms with Crippen molar-refractivity contribution < 1.29 is 9.84 Å². The second kappa shape index (κ2) is 7.59. The summed E-state index contributed by atoms with van der Waals surface area (Å²) >= 11 is 0. The lowest BCUT2D eigenvalue weighted by molar-refractivity contribution is 0.232. The third-order valence-electron chi connectivity index (χ3n) is 3.06. The maximum Gasteiger partial charge on any atom is 0.122 e. The molecule has 1 N–H and O–H groups in total. The van der Waals surface area contributed by atoms with Gasteiger partial charge in [-0.2, -0.15) is 0 Å². The molecule has 0 aliphatic carbocycles. The first-order chi connectivity index (χ1) is 9.40. The van der Waals surface area contributed by atoms with E-state index in [2.05, 4.69) is 30.3 Å². The van der Waals surface area contributed by atoms with Gasteiger partial charge in [0.15, 0.2) is 0 Å². The lowest BCUT2D eigenvalue weighted by Crippen LogP contribution is -2.02. The monoisotopic (exact) mass is 256 g/mol. The quantitative estimate of drug-likeness (QED) is 0.771. The standard InChI is InChI=1S/C17H20O2/c18-13-6-14-19-17-10-5-4-9-16(17)12-11-15-7-2-1-3-8-15/h1-5,7-10,18H,6,11-14H2. The predicted molar refractivity (Wildman–Crippen MR) is 77.5 cm³/mol. The molecule has 19 heavy (non-hydrogen) atoms. The number of aliphatic hydroxyl groups excluding tert-OH is 1. The smallest absolute Gasteiger partial charge is 0.122 e. The highest BCUT2D eigenvalue weighted by molar-refractivity contribution is 5.34. The number of benzene rings is 2. The summed E-state index contributed by atoms with van der Waals surface area (Å²) in [6, 6.07) is 18.6. The van der Waals surface area contributed by atoms with E-state index in [0.29, 0.717) is 13.0 Å². The minimum atomic E-state index is 0.173. The molecule has 0 aromatic heterocycles. The Balaban J connectivity index is 1.95. The SMILES string of the molecule is OCCCOc1ccccc1CCc1ccccc1. The Morgan fingerprint density at radius 3 is 2.37 bits per heavy atom. The fourth-order valence-electron chi connectivity index (χ4n) is 2.02. The molecule has 2 heteroatoms. The van der Waals surface area contributed by atoms with Crippen molar-refractivity contribution in [3.05, 3.63) is 65.7 Å². The maximum atomic E-state index is 8.79. The van der Waals surface area contributed by atoms with Crippen LogP contribution in [0.15, 0.2) is 54.6 Å². The van der Waals surface area contributed by atoms with Crippen molar-refractivity contribution in [1.29, 1.82) is 0 Å². The lowest BCUT2D eigenvalue weighted by Gasteiger charge is -2.11. The van der Waals surface area contributed by atoms with E-state index in [-0.39, 0.29) is 6.61 Å². The van der Waals surface area contributed by atoms with Crippen molar-refractivity contribution in [2.75, 3.05) is 13.2 Å². The van der Waals surface area contributed by atoms with Crippen molar-refractivity contribution in [2.24, 2.45) is 0 Å². The van der Waals surface area contributed by atoms with Gasteiger partial charge < -0.3 is 9.84 Å². The summed E-state index contributed by atoms with van der Waals surface area (Å²) in [7, 11) is 0. The van der Waals surface area contributed by atoms with Gasteiger partial charge in [-0.3, -0.25) is 0 Å². The fraction of sp³-hybridized carbons (Fsp3) is 0.294. The molecule has 0 saturated carbocycles. The van der Waals surface area contributed by atoms with Gasteiger partial charge in [0.25, 0.3) is 0 Å². The second-order valence-corrected chi connectivity index (χ2v) is 4.52. The first kappa shape index (κ1) is 13.6. The van der Waals surface area contributed by atoms with E-state index >= 15 is 0 Å². The van der Waals surface area contributed by atoms with Crippen LogP contribution in [0.2, 0.25) is 0 Å². The number of ether oxygens (including phenoxy) is 1. The van der Waals surface area contributed by atoms with E-state index in [1.54, 1.807) is 0 Å². The van der Waals surface area contributed by atoms with Gasteiger partial charge in [0.1, 0.15) is 5.75 Å². The van der Waals surface area contributed by atoms with E-state index in [9.17, 15) is 0 Å². The van der Waals surface area contributed by atoms with Crippen molar-refractivity contribution >= 4 is 0 Å². The average molecular weight is 256 g/mol. The highest BCUT2D eigenvalue weighted by atomic mass is 16.5. The summed E-state index contributed by atoms with van der Waals surface area (Å²) < 4.78 is 5.71. The zero-order chi connectivity index (χ0) is 13.3. The van der Waals surface area contributed by atoms with Gasteiger partial charge in [-0.1, -0.05) is 48.5 Å². The summed E-state index contributed by atoms with van der Waals surface area (Å²) in [5.74, 6) is 0.937. The van der Waals surface area contributed by atoms with E-state index in [4.69, 9.17) is 9.84 Å². The summed E-state index contributed by atoms with van der Waals surface area (Å²) in [5, 5.41) is 8.79. The molecule has 0 aliphatic rings. The fourth-order valence-corrected chi connectivity index (χ4v) is 2.02. The molecule has 0 saturated heterocycles. The summed E-state index contributed by atoms with van der Waals surface area (Å²) in [6.07, 6.45) is 2.66. The van der Waals surface area contributed by atoms with Gasteiger partial charge in [0, 0.05) is 13.0 Å². The van der Waals surface area contributed by atoms with Crippen molar-refractivity contribution in [3.63, 3.8) is 0 Å². The number of hydrogen-bond donors (Lipinski definition) is 1. The largest absolute Gasteiger partial charge is 0.493 e. The number of para-hydroxylation sites is 1. The Morgan fingerprint density at radius 2 is 1.58 bits per heavy atom. The summed E-state index contributed by atoms with van der Waals surface area (Å²) in [4.78, 5) is 0. The van der Waals surface area contributed by atoms with Crippen LogP contribution in [0.5, 0.6) is 5.75 Å². The molecule has 0 bridgehead atoms. The maximum absolute atomic E-state index is 8.79. The molecule has 2 nitrogen and oxygen atoms in total. The van der Waals surface area contributed by atoms with Crippen LogP contribution < -0.4 is 4.74 Å². The van der Waals surface area contributed by atoms with E-state index in [1.807, 2.05) is 24.3 Å². The number of aryl methyl sites for hydroxylation is 2. The minimum absolute atomic E-state index is 0.173. The Bertz CT molecular complexity index is 480. The molecule has 0 radical (unpaired) electrons. The van der Waals surface area contributed by atoms with Crippen LogP contribution in [-0.2, 0) is 12.8 Å². The topological polar surface area (TPSA) is 29.5 Å². The van der Waals surface area contributed by atoms with Crippen LogP contribution in [-0.4, -0.2) is 18.3 Å². The van der Waals surface area contributed by atoms with Crippen LogP contribution >= 0.6 is 0 Å². The summed E-state index contributed by atoms with van der Waals surface area (Å²) in [6.45, 7) is 0.741. The van der Waals surface area contributed by atoms with Crippen molar-refractivity contribution in [1.82, 2.24) is 0 Å². The van der Waals surface area contributed by atoms with Crippen LogP contribution in [0.25, 0.3) is 0 Å². The molecule has 0 amide bonds. The van der Waals surface area contributed by atoms with Gasteiger partial charge in [-0.25, -0.2) is 0 Å². The van der Waals surface area contributed by atoms with Crippen LogP contribution in [0, 0.1) is 0 Å². The molecule has 0 aliphatic heterocycles.